The smallest absolute Gasteiger partial charge is 0.227 e. The molecular weight excluding hydrogens is 356 g/mol. The zero-order valence-corrected chi connectivity index (χ0v) is 18.5. The van der Waals surface area contributed by atoms with E-state index in [0.29, 0.717) is 22.8 Å². The van der Waals surface area contributed by atoms with E-state index in [-0.39, 0.29) is 5.41 Å². The fourth-order valence-electron chi connectivity index (χ4n) is 8.68. The van der Waals surface area contributed by atoms with Crippen LogP contribution in [0.5, 0.6) is 0 Å². The first-order chi connectivity index (χ1) is 14.2. The van der Waals surface area contributed by atoms with Crippen molar-refractivity contribution in [3.05, 3.63) is 35.9 Å². The predicted molar refractivity (Wildman–Crippen MR) is 118 cm³/mol. The van der Waals surface area contributed by atoms with Crippen molar-refractivity contribution in [2.45, 2.75) is 77.2 Å². The summed E-state index contributed by atoms with van der Waals surface area (Å²) in [4.78, 5) is 16.0. The van der Waals surface area contributed by atoms with E-state index >= 15 is 0 Å². The highest BCUT2D eigenvalue weighted by molar-refractivity contribution is 5.89. The normalized spacial score (nSPS) is 41.8. The van der Waals surface area contributed by atoms with Crippen molar-refractivity contribution in [3.63, 3.8) is 0 Å². The molecule has 3 nitrogen and oxygen atoms in total. The lowest BCUT2D eigenvalue weighted by Gasteiger charge is -2.95. The molecule has 5 atom stereocenters. The predicted octanol–water partition coefficient (Wildman–Crippen LogP) is 4.76. The summed E-state index contributed by atoms with van der Waals surface area (Å²) in [5, 5.41) is 3.53. The molecule has 0 radical (unpaired) electrons. The maximum atomic E-state index is 13.5. The summed E-state index contributed by atoms with van der Waals surface area (Å²) in [5.74, 6) is 2.06. The average molecular weight is 395 g/mol. The minimum atomic E-state index is -0.0186. The van der Waals surface area contributed by atoms with Crippen LogP contribution in [0.4, 0.5) is 0 Å². The highest BCUT2D eigenvalue weighted by Crippen LogP contribution is 2.97. The van der Waals surface area contributed by atoms with Crippen molar-refractivity contribution in [2.24, 2.45) is 22.7 Å². The van der Waals surface area contributed by atoms with Crippen molar-refractivity contribution in [1.29, 1.82) is 0 Å². The van der Waals surface area contributed by atoms with Crippen LogP contribution in [-0.4, -0.2) is 36.5 Å². The molecule has 4 aliphatic carbocycles. The van der Waals surface area contributed by atoms with Gasteiger partial charge in [0.15, 0.2) is 0 Å². The van der Waals surface area contributed by atoms with E-state index in [2.05, 4.69) is 47.5 Å². The highest BCUT2D eigenvalue weighted by Gasteiger charge is 2.95. The van der Waals surface area contributed by atoms with Gasteiger partial charge in [0, 0.05) is 30.0 Å². The van der Waals surface area contributed by atoms with Crippen molar-refractivity contribution in [1.82, 2.24) is 10.2 Å². The van der Waals surface area contributed by atoms with Gasteiger partial charge in [-0.2, -0.15) is 0 Å². The van der Waals surface area contributed by atoms with Crippen molar-refractivity contribution < 1.29 is 4.79 Å². The molecule has 1 saturated heterocycles. The Kier molecular flexibility index (Phi) is 4.62. The van der Waals surface area contributed by atoms with Gasteiger partial charge < -0.3 is 10.2 Å². The number of hydrogen-bond acceptors (Lipinski definition) is 2. The first kappa shape index (κ1) is 19.6. The van der Waals surface area contributed by atoms with Gasteiger partial charge in [0.25, 0.3) is 0 Å². The molecule has 3 heteroatoms. The fourth-order valence-corrected chi connectivity index (χ4v) is 8.68. The number of rotatable bonds is 5. The van der Waals surface area contributed by atoms with Gasteiger partial charge in [-0.25, -0.2) is 0 Å². The second-order valence-corrected chi connectivity index (χ2v) is 10.2. The Morgan fingerprint density at radius 2 is 1.79 bits per heavy atom. The zero-order chi connectivity index (χ0) is 20.3. The van der Waals surface area contributed by atoms with Crippen LogP contribution in [-0.2, 0) is 10.2 Å². The lowest BCUT2D eigenvalue weighted by molar-refractivity contribution is -0.430. The second kappa shape index (κ2) is 6.83. The number of benzene rings is 1. The Morgan fingerprint density at radius 1 is 1.10 bits per heavy atom. The van der Waals surface area contributed by atoms with Crippen LogP contribution < -0.4 is 5.32 Å². The van der Waals surface area contributed by atoms with E-state index in [1.54, 1.807) is 0 Å². The van der Waals surface area contributed by atoms with Crippen molar-refractivity contribution in [3.8, 4) is 0 Å². The monoisotopic (exact) mass is 394 g/mol. The second-order valence-electron chi connectivity index (χ2n) is 10.2. The maximum Gasteiger partial charge on any atom is 0.227 e. The molecule has 6 rings (SSSR count). The molecule has 1 aromatic carbocycles. The van der Waals surface area contributed by atoms with Gasteiger partial charge >= 0.3 is 0 Å². The van der Waals surface area contributed by atoms with Crippen LogP contribution in [0.1, 0.15) is 71.3 Å². The summed E-state index contributed by atoms with van der Waals surface area (Å²) < 4.78 is 0. The zero-order valence-electron chi connectivity index (χ0n) is 18.5. The number of hydrogen-bond donors (Lipinski definition) is 1. The maximum absolute atomic E-state index is 13.5. The molecule has 1 aromatic rings. The van der Waals surface area contributed by atoms with Crippen LogP contribution >= 0.6 is 0 Å². The molecular formula is C26H38N2O. The molecule has 1 N–H and O–H groups in total. The van der Waals surface area contributed by atoms with E-state index in [1.165, 1.54) is 37.8 Å². The molecule has 0 aromatic heterocycles. The third-order valence-electron chi connectivity index (χ3n) is 9.46. The molecule has 5 aliphatic rings. The summed E-state index contributed by atoms with van der Waals surface area (Å²) in [5.41, 5.74) is 2.17. The molecule has 158 valence electrons. The minimum absolute atomic E-state index is 0.0186. The summed E-state index contributed by atoms with van der Waals surface area (Å²) >= 11 is 0. The van der Waals surface area contributed by atoms with Crippen LogP contribution in [0.15, 0.2) is 30.3 Å². The molecule has 5 fully saturated rings. The van der Waals surface area contributed by atoms with Gasteiger partial charge in [0.2, 0.25) is 5.91 Å². The van der Waals surface area contributed by atoms with E-state index in [0.717, 1.165) is 44.2 Å². The lowest BCUT2D eigenvalue weighted by atomic mass is 9.07. The summed E-state index contributed by atoms with van der Waals surface area (Å²) in [6.45, 7) is 9.76. The van der Waals surface area contributed by atoms with E-state index in [9.17, 15) is 4.79 Å². The largest absolute Gasteiger partial charge is 0.353 e. The topological polar surface area (TPSA) is 32.3 Å². The van der Waals surface area contributed by atoms with Gasteiger partial charge in [0.1, 0.15) is 0 Å². The fraction of sp³-hybridized carbons (Fsp3) is 0.731. The lowest BCUT2D eigenvalue weighted by Crippen LogP contribution is -2.94. The SMILES string of the molecule is CC.CCCN1CCC(NC(=O)C23CC4CC5CC(c6ccccc6)(C2)C453)CC1. The van der Waals surface area contributed by atoms with Crippen LogP contribution in [0.2, 0.25) is 0 Å². The molecule has 1 amide bonds. The Morgan fingerprint density at radius 3 is 2.41 bits per heavy atom. The number of piperidine rings is 1. The van der Waals surface area contributed by atoms with Crippen molar-refractivity contribution >= 4 is 5.91 Å². The van der Waals surface area contributed by atoms with E-state index < -0.39 is 0 Å². The number of likely N-dealkylation sites (tertiary alicyclic amines) is 1. The molecule has 1 spiro atoms. The molecule has 4 saturated carbocycles. The van der Waals surface area contributed by atoms with Gasteiger partial charge in [-0.05, 0) is 68.9 Å². The highest BCUT2D eigenvalue weighted by atomic mass is 16.2. The number of carbonyl (C=O) groups excluding carboxylic acids is 1. The Balaban J connectivity index is 0.000000882. The van der Waals surface area contributed by atoms with Gasteiger partial charge in [-0.3, -0.25) is 4.79 Å². The number of nitrogens with zero attached hydrogens (tertiary/aromatic N) is 1. The standard InChI is InChI=1S/C24H32N2O.C2H6/c1-2-10-26-11-8-20(9-12-26)25-21(27)23-15-19-13-18-14-22(16-23,24(18,19)23)17-6-4-3-5-7-17;1-2/h3-7,18-20H,2,8-16H2,1H3,(H,25,27);1-2H3. The average Bonchev–Trinajstić information content (AvgIpc) is 2.70. The first-order valence-corrected chi connectivity index (χ1v) is 12.3. The van der Waals surface area contributed by atoms with Crippen LogP contribution in [0.3, 0.4) is 0 Å². The summed E-state index contributed by atoms with van der Waals surface area (Å²) in [6.07, 6.45) is 8.48. The van der Waals surface area contributed by atoms with Gasteiger partial charge in [-0.1, -0.05) is 51.1 Å². The Labute approximate surface area is 176 Å². The molecule has 1 aliphatic heterocycles. The van der Waals surface area contributed by atoms with E-state index in [4.69, 9.17) is 0 Å². The third-order valence-corrected chi connectivity index (χ3v) is 9.46. The molecule has 1 heterocycles. The number of nitrogens with one attached hydrogen (secondary N) is 1. The quantitative estimate of drug-likeness (QED) is 0.781. The molecule has 29 heavy (non-hydrogen) atoms. The summed E-state index contributed by atoms with van der Waals surface area (Å²) in [6, 6.07) is 11.5. The van der Waals surface area contributed by atoms with E-state index in [1.807, 2.05) is 13.8 Å². The third kappa shape index (κ3) is 2.21. The molecule has 0 bridgehead atoms. The first-order valence-electron chi connectivity index (χ1n) is 12.3. The summed E-state index contributed by atoms with van der Waals surface area (Å²) in [7, 11) is 0. The molecule has 5 unspecified atom stereocenters. The number of amides is 1. The van der Waals surface area contributed by atoms with Crippen LogP contribution in [0.25, 0.3) is 0 Å². The Hall–Kier alpha value is -1.35. The minimum Gasteiger partial charge on any atom is -0.353 e. The van der Waals surface area contributed by atoms with Gasteiger partial charge in [0.05, 0.1) is 5.41 Å². The van der Waals surface area contributed by atoms with Crippen LogP contribution in [0, 0.1) is 22.7 Å². The Bertz CT molecular complexity index is 764. The van der Waals surface area contributed by atoms with Gasteiger partial charge in [-0.15, -0.1) is 0 Å². The van der Waals surface area contributed by atoms with Crippen molar-refractivity contribution in [2.75, 3.05) is 19.6 Å². The number of carbonyl (C=O) groups is 1.